The zero-order valence-electron chi connectivity index (χ0n) is 10.5. The van der Waals surface area contributed by atoms with Crippen LogP contribution >= 0.6 is 0 Å². The summed E-state index contributed by atoms with van der Waals surface area (Å²) >= 11 is 0. The molecule has 1 aromatic heterocycles. The molecule has 0 aliphatic rings. The highest BCUT2D eigenvalue weighted by molar-refractivity contribution is 5.80. The van der Waals surface area contributed by atoms with Crippen molar-refractivity contribution in [2.24, 2.45) is 0 Å². The Kier molecular flexibility index (Phi) is 2.84. The fourth-order valence-corrected chi connectivity index (χ4v) is 2.27. The lowest BCUT2D eigenvalue weighted by Gasteiger charge is -2.12. The Morgan fingerprint density at radius 2 is 1.79 bits per heavy atom. The van der Waals surface area contributed by atoms with Gasteiger partial charge in [-0.15, -0.1) is 0 Å². The normalized spacial score (nSPS) is 12.8. The fraction of sp³-hybridized carbons (Fsp3) is 0.125. The van der Waals surface area contributed by atoms with Crippen molar-refractivity contribution in [3.63, 3.8) is 0 Å². The molecule has 0 bridgehead atoms. The van der Waals surface area contributed by atoms with Crippen LogP contribution in [0.3, 0.4) is 0 Å². The van der Waals surface area contributed by atoms with Gasteiger partial charge in [-0.25, -0.2) is 4.39 Å². The van der Waals surface area contributed by atoms with E-state index in [0.29, 0.717) is 11.1 Å². The van der Waals surface area contributed by atoms with Gasteiger partial charge in [-0.05, 0) is 53.3 Å². The van der Waals surface area contributed by atoms with Crippen LogP contribution in [-0.2, 0) is 0 Å². The number of H-pyrrole nitrogens is 1. The van der Waals surface area contributed by atoms with Crippen molar-refractivity contribution in [2.45, 2.75) is 13.0 Å². The van der Waals surface area contributed by atoms with Gasteiger partial charge in [0.25, 0.3) is 0 Å². The number of aromatic amines is 1. The van der Waals surface area contributed by atoms with E-state index >= 15 is 0 Å². The van der Waals surface area contributed by atoms with E-state index in [-0.39, 0.29) is 5.82 Å². The van der Waals surface area contributed by atoms with Gasteiger partial charge in [0.2, 0.25) is 0 Å². The third-order valence-corrected chi connectivity index (χ3v) is 3.39. The number of nitrogens with one attached hydrogen (secondary N) is 1. The van der Waals surface area contributed by atoms with Crippen LogP contribution in [0.15, 0.2) is 48.7 Å². The topological polar surface area (TPSA) is 36.0 Å². The minimum Gasteiger partial charge on any atom is -0.384 e. The fourth-order valence-electron chi connectivity index (χ4n) is 2.27. The average Bonchev–Trinajstić information content (AvgIpc) is 2.88. The van der Waals surface area contributed by atoms with E-state index in [1.54, 1.807) is 19.1 Å². The predicted molar refractivity (Wildman–Crippen MR) is 73.5 cm³/mol. The molecule has 1 heterocycles. The van der Waals surface area contributed by atoms with Crippen molar-refractivity contribution in [3.8, 4) is 0 Å². The van der Waals surface area contributed by atoms with E-state index in [1.807, 2.05) is 30.5 Å². The van der Waals surface area contributed by atoms with Crippen LogP contribution in [-0.4, -0.2) is 10.1 Å². The summed E-state index contributed by atoms with van der Waals surface area (Å²) in [5.74, 6) is -0.253. The second-order valence-corrected chi connectivity index (χ2v) is 4.74. The smallest absolute Gasteiger partial charge is 0.126 e. The SMILES string of the molecule is Cc1cc(C(O)c2ccc3[nH]ccc3c2)ccc1F. The first-order valence-electron chi connectivity index (χ1n) is 6.16. The molecule has 3 aromatic rings. The predicted octanol–water partition coefficient (Wildman–Crippen LogP) is 3.70. The quantitative estimate of drug-likeness (QED) is 0.719. The van der Waals surface area contributed by atoms with E-state index in [9.17, 15) is 9.50 Å². The van der Waals surface area contributed by atoms with Gasteiger partial charge >= 0.3 is 0 Å². The molecule has 2 N–H and O–H groups in total. The number of hydrogen-bond acceptors (Lipinski definition) is 1. The molecule has 19 heavy (non-hydrogen) atoms. The number of halogens is 1. The van der Waals surface area contributed by atoms with Gasteiger partial charge in [-0.3, -0.25) is 0 Å². The summed E-state index contributed by atoms with van der Waals surface area (Å²) < 4.78 is 13.2. The van der Waals surface area contributed by atoms with Crippen LogP contribution in [0, 0.1) is 12.7 Å². The van der Waals surface area contributed by atoms with Crippen LogP contribution in [0.25, 0.3) is 10.9 Å². The molecule has 96 valence electrons. The summed E-state index contributed by atoms with van der Waals surface area (Å²) in [6, 6.07) is 12.4. The minimum absolute atomic E-state index is 0.253. The largest absolute Gasteiger partial charge is 0.384 e. The second-order valence-electron chi connectivity index (χ2n) is 4.74. The Morgan fingerprint density at radius 1 is 1.05 bits per heavy atom. The standard InChI is InChI=1S/C16H14FNO/c1-10-8-12(2-4-14(10)17)16(19)13-3-5-15-11(9-13)6-7-18-15/h2-9,16,18-19H,1H3. The molecule has 1 atom stereocenters. The number of rotatable bonds is 2. The summed E-state index contributed by atoms with van der Waals surface area (Å²) in [5, 5.41) is 11.4. The lowest BCUT2D eigenvalue weighted by Crippen LogP contribution is -2.00. The molecule has 3 rings (SSSR count). The summed E-state index contributed by atoms with van der Waals surface area (Å²) in [6.07, 6.45) is 1.13. The van der Waals surface area contributed by atoms with Crippen molar-refractivity contribution in [1.82, 2.24) is 4.98 Å². The Morgan fingerprint density at radius 3 is 2.58 bits per heavy atom. The monoisotopic (exact) mass is 255 g/mol. The first-order valence-corrected chi connectivity index (χ1v) is 6.16. The zero-order valence-corrected chi connectivity index (χ0v) is 10.5. The van der Waals surface area contributed by atoms with E-state index in [2.05, 4.69) is 4.98 Å². The van der Waals surface area contributed by atoms with E-state index < -0.39 is 6.10 Å². The molecule has 1 unspecified atom stereocenters. The Bertz CT molecular complexity index is 732. The highest BCUT2D eigenvalue weighted by atomic mass is 19.1. The molecule has 0 aliphatic heterocycles. The highest BCUT2D eigenvalue weighted by Crippen LogP contribution is 2.26. The Hall–Kier alpha value is -2.13. The zero-order chi connectivity index (χ0) is 13.4. The van der Waals surface area contributed by atoms with Gasteiger partial charge in [0.1, 0.15) is 11.9 Å². The van der Waals surface area contributed by atoms with Crippen molar-refractivity contribution in [3.05, 3.63) is 71.2 Å². The summed E-state index contributed by atoms with van der Waals surface area (Å²) in [4.78, 5) is 3.11. The van der Waals surface area contributed by atoms with Gasteiger partial charge in [0, 0.05) is 11.7 Å². The molecule has 0 fully saturated rings. The summed E-state index contributed by atoms with van der Waals surface area (Å²) in [5.41, 5.74) is 3.08. The molecule has 2 nitrogen and oxygen atoms in total. The van der Waals surface area contributed by atoms with Crippen LogP contribution in [0.5, 0.6) is 0 Å². The van der Waals surface area contributed by atoms with E-state index in [0.717, 1.165) is 16.5 Å². The number of aliphatic hydroxyl groups is 1. The van der Waals surface area contributed by atoms with Crippen LogP contribution in [0.2, 0.25) is 0 Å². The third kappa shape index (κ3) is 2.13. The van der Waals surface area contributed by atoms with Gasteiger partial charge in [-0.2, -0.15) is 0 Å². The Balaban J connectivity index is 2.01. The number of fused-ring (bicyclic) bond motifs is 1. The number of aliphatic hydroxyl groups excluding tert-OH is 1. The first kappa shape index (κ1) is 11.9. The number of benzene rings is 2. The van der Waals surface area contributed by atoms with Crippen LogP contribution in [0.1, 0.15) is 22.8 Å². The number of aromatic nitrogens is 1. The van der Waals surface area contributed by atoms with E-state index in [1.165, 1.54) is 6.07 Å². The maximum Gasteiger partial charge on any atom is 0.126 e. The average molecular weight is 255 g/mol. The van der Waals surface area contributed by atoms with E-state index in [4.69, 9.17) is 0 Å². The maximum atomic E-state index is 13.2. The van der Waals surface area contributed by atoms with Crippen molar-refractivity contribution < 1.29 is 9.50 Å². The summed E-state index contributed by atoms with van der Waals surface area (Å²) in [6.45, 7) is 1.70. The molecule has 0 saturated heterocycles. The molecular weight excluding hydrogens is 241 g/mol. The lowest BCUT2D eigenvalue weighted by atomic mass is 9.99. The van der Waals surface area contributed by atoms with Gasteiger partial charge in [0.05, 0.1) is 0 Å². The molecule has 0 saturated carbocycles. The minimum atomic E-state index is -0.737. The Labute approximate surface area is 110 Å². The maximum absolute atomic E-state index is 13.2. The second kappa shape index (κ2) is 4.52. The van der Waals surface area contributed by atoms with Gasteiger partial charge in [0.15, 0.2) is 0 Å². The van der Waals surface area contributed by atoms with Gasteiger partial charge in [-0.1, -0.05) is 18.2 Å². The highest BCUT2D eigenvalue weighted by Gasteiger charge is 2.12. The summed E-state index contributed by atoms with van der Waals surface area (Å²) in [7, 11) is 0. The van der Waals surface area contributed by atoms with Crippen LogP contribution in [0.4, 0.5) is 4.39 Å². The molecule has 0 amide bonds. The molecular formula is C16H14FNO. The molecule has 0 aliphatic carbocycles. The van der Waals surface area contributed by atoms with Crippen molar-refractivity contribution in [2.75, 3.05) is 0 Å². The van der Waals surface area contributed by atoms with Crippen molar-refractivity contribution in [1.29, 1.82) is 0 Å². The molecule has 0 radical (unpaired) electrons. The molecule has 2 aromatic carbocycles. The van der Waals surface area contributed by atoms with Crippen molar-refractivity contribution >= 4 is 10.9 Å². The molecule has 3 heteroatoms. The van der Waals surface area contributed by atoms with Gasteiger partial charge < -0.3 is 10.1 Å². The number of hydrogen-bond donors (Lipinski definition) is 2. The lowest BCUT2D eigenvalue weighted by molar-refractivity contribution is 0.220. The molecule has 0 spiro atoms. The third-order valence-electron chi connectivity index (χ3n) is 3.39. The number of aryl methyl sites for hydroxylation is 1. The van der Waals surface area contributed by atoms with Crippen LogP contribution < -0.4 is 0 Å². The first-order chi connectivity index (χ1) is 9.15.